The lowest BCUT2D eigenvalue weighted by Gasteiger charge is -2.04. The van der Waals surface area contributed by atoms with Crippen LogP contribution in [0.1, 0.15) is 17.3 Å². The summed E-state index contributed by atoms with van der Waals surface area (Å²) in [6, 6.07) is 14.7. The van der Waals surface area contributed by atoms with Gasteiger partial charge in [-0.2, -0.15) is 0 Å². The van der Waals surface area contributed by atoms with Crippen LogP contribution < -0.4 is 10.1 Å². The Kier molecular flexibility index (Phi) is 5.35. The van der Waals surface area contributed by atoms with Crippen LogP contribution in [0, 0.1) is 0 Å². The second-order valence-corrected chi connectivity index (χ2v) is 5.94. The van der Waals surface area contributed by atoms with Gasteiger partial charge >= 0.3 is 6.01 Å². The first-order valence-electron chi connectivity index (χ1n) is 7.71. The minimum Gasteiger partial charge on any atom is -0.494 e. The first-order chi connectivity index (χ1) is 12.2. The summed E-state index contributed by atoms with van der Waals surface area (Å²) in [4.78, 5) is 13.3. The average Bonchev–Trinajstić information content (AvgIpc) is 3.11. The first-order valence-corrected chi connectivity index (χ1v) is 8.94. The molecule has 0 aliphatic carbocycles. The minimum absolute atomic E-state index is 0.0587. The van der Waals surface area contributed by atoms with Crippen molar-refractivity contribution in [3.8, 4) is 17.2 Å². The number of rotatable bonds is 6. The fraction of sp³-hybridized carbons (Fsp3) is 0.167. The van der Waals surface area contributed by atoms with E-state index in [9.17, 15) is 4.79 Å². The van der Waals surface area contributed by atoms with E-state index >= 15 is 0 Å². The molecule has 2 aromatic carbocycles. The largest absolute Gasteiger partial charge is 0.494 e. The third kappa shape index (κ3) is 4.19. The van der Waals surface area contributed by atoms with Crippen LogP contribution in [0.25, 0.3) is 11.5 Å². The molecule has 0 spiro atoms. The highest BCUT2D eigenvalue weighted by molar-refractivity contribution is 7.98. The van der Waals surface area contributed by atoms with Crippen LogP contribution in [-0.4, -0.2) is 29.0 Å². The monoisotopic (exact) mass is 355 g/mol. The summed E-state index contributed by atoms with van der Waals surface area (Å²) in [7, 11) is 0. The highest BCUT2D eigenvalue weighted by Gasteiger charge is 2.13. The van der Waals surface area contributed by atoms with Gasteiger partial charge in [0.15, 0.2) is 0 Å². The molecule has 0 unspecified atom stereocenters. The van der Waals surface area contributed by atoms with Gasteiger partial charge in [0.05, 0.1) is 6.61 Å². The maximum absolute atomic E-state index is 12.2. The summed E-state index contributed by atoms with van der Waals surface area (Å²) >= 11 is 1.63. The summed E-state index contributed by atoms with van der Waals surface area (Å²) in [5.41, 5.74) is 1.29. The summed E-state index contributed by atoms with van der Waals surface area (Å²) < 4.78 is 10.9. The summed E-state index contributed by atoms with van der Waals surface area (Å²) in [5, 5.41) is 10.5. The van der Waals surface area contributed by atoms with E-state index in [0.29, 0.717) is 23.8 Å². The lowest BCUT2D eigenvalue weighted by Crippen LogP contribution is -2.12. The number of carbonyl (C=O) groups excluding carboxylic acids is 1. The van der Waals surface area contributed by atoms with E-state index in [0.717, 1.165) is 10.5 Å². The molecule has 0 fully saturated rings. The van der Waals surface area contributed by atoms with E-state index in [4.69, 9.17) is 9.15 Å². The number of ether oxygens (including phenoxy) is 1. The van der Waals surface area contributed by atoms with Gasteiger partial charge in [-0.3, -0.25) is 10.1 Å². The Bertz CT molecular complexity index is 862. The number of aromatic nitrogens is 2. The average molecular weight is 355 g/mol. The fourth-order valence-electron chi connectivity index (χ4n) is 2.18. The number of benzene rings is 2. The van der Waals surface area contributed by atoms with Crippen molar-refractivity contribution < 1.29 is 13.9 Å². The zero-order chi connectivity index (χ0) is 17.6. The van der Waals surface area contributed by atoms with Crippen molar-refractivity contribution in [3.05, 3.63) is 54.1 Å². The molecule has 0 bridgehead atoms. The van der Waals surface area contributed by atoms with E-state index in [1.165, 1.54) is 0 Å². The molecule has 0 aliphatic rings. The molecule has 1 heterocycles. The number of hydrogen-bond acceptors (Lipinski definition) is 6. The van der Waals surface area contributed by atoms with Crippen LogP contribution >= 0.6 is 11.8 Å². The van der Waals surface area contributed by atoms with E-state index in [1.54, 1.807) is 36.0 Å². The van der Waals surface area contributed by atoms with Crippen LogP contribution in [-0.2, 0) is 0 Å². The minimum atomic E-state index is -0.323. The molecule has 1 aromatic heterocycles. The van der Waals surface area contributed by atoms with Crippen LogP contribution in [0.15, 0.2) is 57.8 Å². The number of anilines is 1. The molecule has 25 heavy (non-hydrogen) atoms. The van der Waals surface area contributed by atoms with Crippen LogP contribution in [0.3, 0.4) is 0 Å². The second kappa shape index (κ2) is 7.85. The van der Waals surface area contributed by atoms with Gasteiger partial charge in [-0.1, -0.05) is 11.2 Å². The van der Waals surface area contributed by atoms with Crippen molar-refractivity contribution in [1.82, 2.24) is 10.2 Å². The molecule has 1 N–H and O–H groups in total. The van der Waals surface area contributed by atoms with Gasteiger partial charge in [0.25, 0.3) is 5.91 Å². The van der Waals surface area contributed by atoms with Crippen molar-refractivity contribution >= 4 is 23.7 Å². The number of carbonyl (C=O) groups is 1. The van der Waals surface area contributed by atoms with E-state index in [-0.39, 0.29) is 11.9 Å². The molecule has 3 rings (SSSR count). The predicted octanol–water partition coefficient (Wildman–Crippen LogP) is 4.11. The van der Waals surface area contributed by atoms with Gasteiger partial charge in [-0.15, -0.1) is 16.9 Å². The lowest BCUT2D eigenvalue weighted by atomic mass is 10.2. The van der Waals surface area contributed by atoms with Gasteiger partial charge in [-0.05, 0) is 55.6 Å². The number of hydrogen-bond donors (Lipinski definition) is 1. The molecule has 6 nitrogen and oxygen atoms in total. The Morgan fingerprint density at radius 3 is 2.72 bits per heavy atom. The molecule has 7 heteroatoms. The Hall–Kier alpha value is -2.80. The Morgan fingerprint density at radius 1 is 1.20 bits per heavy atom. The molecule has 0 aliphatic heterocycles. The molecular formula is C18H17N3O3S. The van der Waals surface area contributed by atoms with E-state index < -0.39 is 0 Å². The molecule has 0 saturated heterocycles. The highest BCUT2D eigenvalue weighted by atomic mass is 32.2. The highest BCUT2D eigenvalue weighted by Crippen LogP contribution is 2.24. The number of nitrogens with zero attached hydrogens (tertiary/aromatic N) is 2. The smallest absolute Gasteiger partial charge is 0.322 e. The quantitative estimate of drug-likeness (QED) is 0.671. The van der Waals surface area contributed by atoms with Crippen molar-refractivity contribution in [3.63, 3.8) is 0 Å². The molecule has 1 amide bonds. The zero-order valence-corrected chi connectivity index (χ0v) is 14.7. The zero-order valence-electron chi connectivity index (χ0n) is 13.9. The molecule has 0 radical (unpaired) electrons. The van der Waals surface area contributed by atoms with Crippen molar-refractivity contribution in [1.29, 1.82) is 0 Å². The van der Waals surface area contributed by atoms with Gasteiger partial charge in [-0.25, -0.2) is 0 Å². The third-order valence-electron chi connectivity index (χ3n) is 3.39. The van der Waals surface area contributed by atoms with Gasteiger partial charge in [0.2, 0.25) is 5.89 Å². The molecule has 128 valence electrons. The van der Waals surface area contributed by atoms with Crippen LogP contribution in [0.4, 0.5) is 6.01 Å². The predicted molar refractivity (Wildman–Crippen MR) is 97.1 cm³/mol. The standard InChI is InChI=1S/C18H17N3O3S/c1-3-23-14-9-7-12(8-10-14)16(22)19-18-21-20-17(24-18)13-5-4-6-15(11-13)25-2/h4-11H,3H2,1-2H3,(H,19,21,22). The van der Waals surface area contributed by atoms with Crippen molar-refractivity contribution in [2.24, 2.45) is 0 Å². The maximum Gasteiger partial charge on any atom is 0.322 e. The van der Waals surface area contributed by atoms with E-state index in [1.807, 2.05) is 37.4 Å². The first kappa shape index (κ1) is 17.0. The molecule has 3 aromatic rings. The van der Waals surface area contributed by atoms with Crippen molar-refractivity contribution in [2.45, 2.75) is 11.8 Å². The topological polar surface area (TPSA) is 77.2 Å². The Balaban J connectivity index is 1.71. The molecular weight excluding hydrogens is 338 g/mol. The third-order valence-corrected chi connectivity index (χ3v) is 4.11. The van der Waals surface area contributed by atoms with Gasteiger partial charge in [0.1, 0.15) is 5.75 Å². The summed E-state index contributed by atoms with van der Waals surface area (Å²) in [6.45, 7) is 2.48. The van der Waals surface area contributed by atoms with Crippen LogP contribution in [0.5, 0.6) is 5.75 Å². The maximum atomic E-state index is 12.2. The van der Waals surface area contributed by atoms with Crippen molar-refractivity contribution in [2.75, 3.05) is 18.2 Å². The fourth-order valence-corrected chi connectivity index (χ4v) is 2.64. The Morgan fingerprint density at radius 2 is 2.00 bits per heavy atom. The summed E-state index contributed by atoms with van der Waals surface area (Å²) in [5.74, 6) is 0.752. The SMILES string of the molecule is CCOc1ccc(C(=O)Nc2nnc(-c3cccc(SC)c3)o2)cc1. The lowest BCUT2D eigenvalue weighted by molar-refractivity contribution is 0.102. The molecule has 0 atom stereocenters. The second-order valence-electron chi connectivity index (χ2n) is 5.06. The summed E-state index contributed by atoms with van der Waals surface area (Å²) in [6.07, 6.45) is 2.00. The Labute approximate surface area is 149 Å². The van der Waals surface area contributed by atoms with Gasteiger partial charge < -0.3 is 9.15 Å². The number of thioether (sulfide) groups is 1. The molecule has 0 saturated carbocycles. The van der Waals surface area contributed by atoms with Gasteiger partial charge in [0, 0.05) is 16.0 Å². The van der Waals surface area contributed by atoms with E-state index in [2.05, 4.69) is 15.5 Å². The van der Waals surface area contributed by atoms with Crippen LogP contribution in [0.2, 0.25) is 0 Å². The normalized spacial score (nSPS) is 10.5. The number of amides is 1. The number of nitrogens with one attached hydrogen (secondary N) is 1.